The third-order valence-corrected chi connectivity index (χ3v) is 4.15. The Hall–Kier alpha value is -0.640. The quantitative estimate of drug-likeness (QED) is 0.885. The second-order valence-electron chi connectivity index (χ2n) is 5.08. The summed E-state index contributed by atoms with van der Waals surface area (Å²) in [5.41, 5.74) is 6.68. The van der Waals surface area contributed by atoms with Crippen molar-refractivity contribution in [3.63, 3.8) is 0 Å². The molecule has 1 aromatic carbocycles. The third kappa shape index (κ3) is 3.02. The monoisotopic (exact) mass is 271 g/mol. The minimum Gasteiger partial charge on any atom is -0.391 e. The smallest absolute Gasteiger partial charge is 0.124 e. The Balaban J connectivity index is 2.11. The van der Waals surface area contributed by atoms with Crippen LogP contribution in [0.25, 0.3) is 0 Å². The van der Waals surface area contributed by atoms with Crippen molar-refractivity contribution in [1.29, 1.82) is 0 Å². The van der Waals surface area contributed by atoms with E-state index in [0.717, 1.165) is 25.7 Å². The Bertz CT molecular complexity index is 407. The van der Waals surface area contributed by atoms with Gasteiger partial charge in [-0.25, -0.2) is 4.39 Å². The highest BCUT2D eigenvalue weighted by Gasteiger charge is 2.28. The van der Waals surface area contributed by atoms with Gasteiger partial charge in [0, 0.05) is 5.02 Å². The summed E-state index contributed by atoms with van der Waals surface area (Å²) in [4.78, 5) is 0. The molecule has 1 saturated carbocycles. The van der Waals surface area contributed by atoms with Gasteiger partial charge in [0.25, 0.3) is 0 Å². The van der Waals surface area contributed by atoms with Crippen molar-refractivity contribution < 1.29 is 9.50 Å². The molecule has 0 amide bonds. The molecule has 1 fully saturated rings. The summed E-state index contributed by atoms with van der Waals surface area (Å²) in [5.74, 6) is -0.155. The van der Waals surface area contributed by atoms with Gasteiger partial charge in [-0.15, -0.1) is 0 Å². The largest absolute Gasteiger partial charge is 0.391 e. The van der Waals surface area contributed by atoms with Crippen LogP contribution in [-0.4, -0.2) is 11.2 Å². The molecule has 0 heterocycles. The molecule has 18 heavy (non-hydrogen) atoms. The molecule has 100 valence electrons. The lowest BCUT2D eigenvalue weighted by Gasteiger charge is -2.30. The fourth-order valence-electron chi connectivity index (χ4n) is 2.72. The van der Waals surface area contributed by atoms with Crippen molar-refractivity contribution in [2.45, 2.75) is 44.2 Å². The summed E-state index contributed by atoms with van der Waals surface area (Å²) >= 11 is 5.98. The first-order valence-corrected chi connectivity index (χ1v) is 6.86. The summed E-state index contributed by atoms with van der Waals surface area (Å²) in [7, 11) is 0. The normalized spacial score (nSPS) is 20.7. The Labute approximate surface area is 112 Å². The highest BCUT2D eigenvalue weighted by Crippen LogP contribution is 2.33. The molecule has 1 aliphatic rings. The van der Waals surface area contributed by atoms with Crippen LogP contribution in [-0.2, 0) is 0 Å². The molecular weight excluding hydrogens is 253 g/mol. The van der Waals surface area contributed by atoms with E-state index in [1.54, 1.807) is 6.07 Å². The van der Waals surface area contributed by atoms with E-state index in [1.807, 2.05) is 0 Å². The summed E-state index contributed by atoms with van der Waals surface area (Å²) in [6, 6.07) is 3.59. The van der Waals surface area contributed by atoms with Crippen molar-refractivity contribution in [2.75, 3.05) is 0 Å². The average Bonchev–Trinajstić information content (AvgIpc) is 2.38. The number of halogens is 2. The number of benzene rings is 1. The van der Waals surface area contributed by atoms with E-state index in [9.17, 15) is 9.50 Å². The maximum atomic E-state index is 13.0. The first kappa shape index (κ1) is 13.8. The summed E-state index contributed by atoms with van der Waals surface area (Å²) < 4.78 is 13.0. The molecule has 4 heteroatoms. The molecule has 1 aromatic rings. The Kier molecular flexibility index (Phi) is 4.60. The minimum atomic E-state index is -0.603. The van der Waals surface area contributed by atoms with Gasteiger partial charge in [0.1, 0.15) is 5.82 Å². The lowest BCUT2D eigenvalue weighted by molar-refractivity contribution is 0.0618. The van der Waals surface area contributed by atoms with Gasteiger partial charge in [-0.2, -0.15) is 0 Å². The van der Waals surface area contributed by atoms with Crippen LogP contribution in [0.5, 0.6) is 0 Å². The fraction of sp³-hybridized carbons (Fsp3) is 0.571. The van der Waals surface area contributed by atoms with Gasteiger partial charge in [-0.3, -0.25) is 0 Å². The molecule has 2 atom stereocenters. The van der Waals surface area contributed by atoms with Crippen LogP contribution in [0.2, 0.25) is 5.02 Å². The van der Waals surface area contributed by atoms with E-state index in [2.05, 4.69) is 0 Å². The molecule has 3 N–H and O–H groups in total. The zero-order valence-corrected chi connectivity index (χ0v) is 11.0. The second kappa shape index (κ2) is 6.00. The van der Waals surface area contributed by atoms with Gasteiger partial charge < -0.3 is 10.8 Å². The van der Waals surface area contributed by atoms with E-state index in [-0.39, 0.29) is 16.8 Å². The second-order valence-corrected chi connectivity index (χ2v) is 5.49. The number of rotatable bonds is 3. The Morgan fingerprint density at radius 3 is 2.56 bits per heavy atom. The molecule has 1 aliphatic carbocycles. The number of aliphatic hydroxyl groups excluding tert-OH is 1. The van der Waals surface area contributed by atoms with Gasteiger partial charge >= 0.3 is 0 Å². The standard InChI is InChI=1S/C14H19ClFNO/c15-12-8-10(16)6-7-11(12)13(17)14(18)9-4-2-1-3-5-9/h6-9,13-14,18H,1-5,17H2/t13-,14+/m0/s1. The molecular formula is C14H19ClFNO. The molecule has 0 aliphatic heterocycles. The molecule has 0 unspecified atom stereocenters. The van der Waals surface area contributed by atoms with Crippen LogP contribution in [0.3, 0.4) is 0 Å². The van der Waals surface area contributed by atoms with Crippen molar-refractivity contribution in [2.24, 2.45) is 11.7 Å². The van der Waals surface area contributed by atoms with Gasteiger partial charge in [-0.1, -0.05) is 36.9 Å². The summed E-state index contributed by atoms with van der Waals surface area (Å²) in [6.45, 7) is 0. The van der Waals surface area contributed by atoms with Crippen LogP contribution in [0.15, 0.2) is 18.2 Å². The highest BCUT2D eigenvalue weighted by atomic mass is 35.5. The number of hydrogen-bond acceptors (Lipinski definition) is 2. The molecule has 2 rings (SSSR count). The van der Waals surface area contributed by atoms with Crippen LogP contribution >= 0.6 is 11.6 Å². The van der Waals surface area contributed by atoms with Crippen LogP contribution in [0, 0.1) is 11.7 Å². The lowest BCUT2D eigenvalue weighted by atomic mass is 9.81. The zero-order valence-electron chi connectivity index (χ0n) is 10.3. The third-order valence-electron chi connectivity index (χ3n) is 3.82. The molecule has 0 bridgehead atoms. The highest BCUT2D eigenvalue weighted by molar-refractivity contribution is 6.31. The van der Waals surface area contributed by atoms with Gasteiger partial charge in [0.15, 0.2) is 0 Å². The maximum absolute atomic E-state index is 13.0. The van der Waals surface area contributed by atoms with Crippen molar-refractivity contribution in [3.8, 4) is 0 Å². The molecule has 0 radical (unpaired) electrons. The Morgan fingerprint density at radius 2 is 1.94 bits per heavy atom. The predicted octanol–water partition coefficient (Wildman–Crippen LogP) is 3.42. The molecule has 0 saturated heterocycles. The summed E-state index contributed by atoms with van der Waals surface area (Å²) in [5, 5.41) is 10.6. The SMILES string of the molecule is N[C@@H](c1ccc(F)cc1Cl)[C@H](O)C1CCCCC1. The number of hydrogen-bond donors (Lipinski definition) is 2. The Morgan fingerprint density at radius 1 is 1.28 bits per heavy atom. The fourth-order valence-corrected chi connectivity index (χ4v) is 3.02. The zero-order chi connectivity index (χ0) is 13.1. The van der Waals surface area contributed by atoms with Gasteiger partial charge in [0.05, 0.1) is 12.1 Å². The van der Waals surface area contributed by atoms with Crippen LogP contribution < -0.4 is 5.73 Å². The van der Waals surface area contributed by atoms with E-state index in [1.165, 1.54) is 18.6 Å². The van der Waals surface area contributed by atoms with Crippen molar-refractivity contribution in [3.05, 3.63) is 34.6 Å². The van der Waals surface area contributed by atoms with E-state index in [4.69, 9.17) is 17.3 Å². The van der Waals surface area contributed by atoms with E-state index in [0.29, 0.717) is 5.56 Å². The number of nitrogens with two attached hydrogens (primary N) is 1. The van der Waals surface area contributed by atoms with Gasteiger partial charge in [0.2, 0.25) is 0 Å². The van der Waals surface area contributed by atoms with E-state index < -0.39 is 12.1 Å². The van der Waals surface area contributed by atoms with Crippen LogP contribution in [0.4, 0.5) is 4.39 Å². The first-order valence-electron chi connectivity index (χ1n) is 6.48. The maximum Gasteiger partial charge on any atom is 0.124 e. The number of aliphatic hydroxyl groups is 1. The molecule has 0 spiro atoms. The lowest BCUT2D eigenvalue weighted by Crippen LogP contribution is -2.34. The average molecular weight is 272 g/mol. The van der Waals surface area contributed by atoms with Crippen LogP contribution in [0.1, 0.15) is 43.7 Å². The molecule has 0 aromatic heterocycles. The topological polar surface area (TPSA) is 46.2 Å². The first-order chi connectivity index (χ1) is 8.59. The molecule has 2 nitrogen and oxygen atoms in total. The van der Waals surface area contributed by atoms with E-state index >= 15 is 0 Å². The van der Waals surface area contributed by atoms with Crippen molar-refractivity contribution >= 4 is 11.6 Å². The summed E-state index contributed by atoms with van der Waals surface area (Å²) in [6.07, 6.45) is 4.93. The van der Waals surface area contributed by atoms with Crippen molar-refractivity contribution in [1.82, 2.24) is 0 Å². The predicted molar refractivity (Wildman–Crippen MR) is 70.9 cm³/mol. The van der Waals surface area contributed by atoms with Gasteiger partial charge in [-0.05, 0) is 36.5 Å². The minimum absolute atomic E-state index is 0.231.